The van der Waals surface area contributed by atoms with Crippen molar-refractivity contribution in [2.24, 2.45) is 0 Å². The molecule has 0 saturated carbocycles. The van der Waals surface area contributed by atoms with Crippen molar-refractivity contribution >= 4 is 39.1 Å². The number of esters is 1. The van der Waals surface area contributed by atoms with Crippen LogP contribution in [0.25, 0.3) is 10.2 Å². The van der Waals surface area contributed by atoms with E-state index in [0.717, 1.165) is 16.9 Å². The van der Waals surface area contributed by atoms with Gasteiger partial charge < -0.3 is 14.8 Å². The number of fused-ring (bicyclic) bond motifs is 1. The number of carbonyl (C=O) groups is 2. The van der Waals surface area contributed by atoms with Gasteiger partial charge in [-0.15, -0.1) is 11.3 Å². The molecule has 2 aromatic carbocycles. The zero-order valence-electron chi connectivity index (χ0n) is 18.7. The Labute approximate surface area is 199 Å². The summed E-state index contributed by atoms with van der Waals surface area (Å²) in [6.45, 7) is 3.72. The van der Waals surface area contributed by atoms with Crippen LogP contribution in [0.5, 0.6) is 5.75 Å². The van der Waals surface area contributed by atoms with E-state index in [1.165, 1.54) is 10.9 Å². The average molecular weight is 478 g/mol. The second-order valence-electron chi connectivity index (χ2n) is 7.63. The van der Waals surface area contributed by atoms with Gasteiger partial charge in [0, 0.05) is 5.69 Å². The monoisotopic (exact) mass is 477 g/mol. The summed E-state index contributed by atoms with van der Waals surface area (Å²) in [6, 6.07) is 16.6. The van der Waals surface area contributed by atoms with Crippen LogP contribution in [0.3, 0.4) is 0 Å². The highest BCUT2D eigenvalue weighted by molar-refractivity contribution is 7.20. The Morgan fingerprint density at radius 1 is 1.03 bits per heavy atom. The van der Waals surface area contributed by atoms with Crippen molar-refractivity contribution in [2.75, 3.05) is 18.5 Å². The van der Waals surface area contributed by atoms with Gasteiger partial charge in [-0.25, -0.2) is 9.78 Å². The van der Waals surface area contributed by atoms with Crippen LogP contribution in [0.2, 0.25) is 0 Å². The third-order valence-electron chi connectivity index (χ3n) is 5.08. The number of benzene rings is 2. The molecule has 8 nitrogen and oxygen atoms in total. The molecular formula is C25H23N3O5S. The number of anilines is 1. The summed E-state index contributed by atoms with van der Waals surface area (Å²) in [7, 11) is 0. The second-order valence-corrected chi connectivity index (χ2v) is 8.62. The van der Waals surface area contributed by atoms with Gasteiger partial charge in [0.1, 0.15) is 35.2 Å². The number of para-hydroxylation sites is 1. The van der Waals surface area contributed by atoms with Crippen molar-refractivity contribution in [1.82, 2.24) is 9.55 Å². The largest absolute Gasteiger partial charge is 0.490 e. The summed E-state index contributed by atoms with van der Waals surface area (Å²) in [5.74, 6) is -0.203. The first-order valence-corrected chi connectivity index (χ1v) is 11.4. The first-order valence-electron chi connectivity index (χ1n) is 10.6. The Kier molecular flexibility index (Phi) is 7.03. The smallest absolute Gasteiger partial charge is 0.348 e. The second kappa shape index (κ2) is 10.3. The van der Waals surface area contributed by atoms with E-state index in [0.29, 0.717) is 32.1 Å². The van der Waals surface area contributed by atoms with Gasteiger partial charge in [-0.2, -0.15) is 0 Å². The van der Waals surface area contributed by atoms with Crippen LogP contribution in [0.1, 0.15) is 20.8 Å². The molecule has 34 heavy (non-hydrogen) atoms. The van der Waals surface area contributed by atoms with Crippen LogP contribution < -0.4 is 15.6 Å². The third-order valence-corrected chi connectivity index (χ3v) is 6.26. The summed E-state index contributed by atoms with van der Waals surface area (Å²) >= 11 is 1.09. The van der Waals surface area contributed by atoms with Gasteiger partial charge in [0.25, 0.3) is 5.56 Å². The highest BCUT2D eigenvalue weighted by atomic mass is 32.1. The molecule has 0 aliphatic rings. The summed E-state index contributed by atoms with van der Waals surface area (Å²) < 4.78 is 12.1. The van der Waals surface area contributed by atoms with E-state index < -0.39 is 5.97 Å². The normalized spacial score (nSPS) is 10.8. The highest BCUT2D eigenvalue weighted by Gasteiger charge is 2.21. The van der Waals surface area contributed by atoms with E-state index in [9.17, 15) is 14.4 Å². The molecule has 9 heteroatoms. The minimum atomic E-state index is -0.541. The van der Waals surface area contributed by atoms with E-state index >= 15 is 0 Å². The lowest BCUT2D eigenvalue weighted by Crippen LogP contribution is -2.27. The van der Waals surface area contributed by atoms with Crippen molar-refractivity contribution in [3.8, 4) is 5.75 Å². The Bertz CT molecular complexity index is 1380. The Hall–Kier alpha value is -3.98. The van der Waals surface area contributed by atoms with Gasteiger partial charge in [0.2, 0.25) is 5.91 Å². The summed E-state index contributed by atoms with van der Waals surface area (Å²) in [6.07, 6.45) is 1.32. The molecule has 4 aromatic rings. The molecule has 2 aromatic heterocycles. The quantitative estimate of drug-likeness (QED) is 0.305. The Morgan fingerprint density at radius 3 is 2.50 bits per heavy atom. The topological polar surface area (TPSA) is 99.5 Å². The number of rotatable bonds is 8. The van der Waals surface area contributed by atoms with E-state index in [4.69, 9.17) is 9.47 Å². The van der Waals surface area contributed by atoms with Crippen LogP contribution in [0, 0.1) is 13.8 Å². The number of aromatic nitrogens is 2. The SMILES string of the molecule is Cc1ccc(NC(=O)Cn2cnc3sc(C(=O)OCCOc4ccccc4)c(C)c3c2=O)cc1. The van der Waals surface area contributed by atoms with Crippen LogP contribution in [0.4, 0.5) is 5.69 Å². The molecule has 0 fully saturated rings. The van der Waals surface area contributed by atoms with E-state index in [1.54, 1.807) is 19.1 Å². The molecular weight excluding hydrogens is 454 g/mol. The maximum Gasteiger partial charge on any atom is 0.348 e. The van der Waals surface area contributed by atoms with Crippen LogP contribution in [-0.2, 0) is 16.1 Å². The highest BCUT2D eigenvalue weighted by Crippen LogP contribution is 2.27. The number of amides is 1. The fourth-order valence-electron chi connectivity index (χ4n) is 3.33. The first-order chi connectivity index (χ1) is 16.4. The van der Waals surface area contributed by atoms with E-state index in [1.807, 2.05) is 49.4 Å². The molecule has 2 heterocycles. The molecule has 0 aliphatic heterocycles. The molecule has 0 bridgehead atoms. The maximum absolute atomic E-state index is 13.0. The number of nitrogens with one attached hydrogen (secondary N) is 1. The molecule has 1 N–H and O–H groups in total. The molecule has 0 saturated heterocycles. The van der Waals surface area contributed by atoms with Gasteiger partial charge >= 0.3 is 5.97 Å². The number of nitrogens with zero attached hydrogens (tertiary/aromatic N) is 2. The number of aryl methyl sites for hydroxylation is 2. The third kappa shape index (κ3) is 5.32. The zero-order valence-corrected chi connectivity index (χ0v) is 19.6. The predicted octanol–water partition coefficient (Wildman–Crippen LogP) is 3.95. The molecule has 0 radical (unpaired) electrons. The average Bonchev–Trinajstić information content (AvgIpc) is 3.18. The Balaban J connectivity index is 1.42. The summed E-state index contributed by atoms with van der Waals surface area (Å²) in [5.41, 5.74) is 1.82. The number of ether oxygens (including phenoxy) is 2. The predicted molar refractivity (Wildman–Crippen MR) is 131 cm³/mol. The summed E-state index contributed by atoms with van der Waals surface area (Å²) in [5, 5.41) is 3.07. The standard InChI is InChI=1S/C25H23N3O5S/c1-16-8-10-18(11-9-16)27-20(29)14-28-15-26-23-21(24(28)30)17(2)22(34-23)25(31)33-13-12-32-19-6-4-3-5-7-19/h3-11,15H,12-14H2,1-2H3,(H,27,29). The van der Waals surface area contributed by atoms with Crippen molar-refractivity contribution in [2.45, 2.75) is 20.4 Å². The minimum absolute atomic E-state index is 0.0677. The minimum Gasteiger partial charge on any atom is -0.490 e. The van der Waals surface area contributed by atoms with Gasteiger partial charge in [-0.1, -0.05) is 35.9 Å². The number of carbonyl (C=O) groups excluding carboxylic acids is 2. The van der Waals surface area contributed by atoms with Crippen molar-refractivity contribution in [3.05, 3.63) is 87.3 Å². The molecule has 0 spiro atoms. The molecule has 1 amide bonds. The van der Waals surface area contributed by atoms with Crippen LogP contribution in [0.15, 0.2) is 65.7 Å². The molecule has 0 aliphatic carbocycles. The van der Waals surface area contributed by atoms with Crippen molar-refractivity contribution in [1.29, 1.82) is 0 Å². The maximum atomic E-state index is 13.0. The number of thiophene rings is 1. The van der Waals surface area contributed by atoms with Crippen LogP contribution >= 0.6 is 11.3 Å². The molecule has 0 atom stereocenters. The zero-order chi connectivity index (χ0) is 24.1. The van der Waals surface area contributed by atoms with E-state index in [2.05, 4.69) is 10.3 Å². The van der Waals surface area contributed by atoms with Crippen LogP contribution in [-0.4, -0.2) is 34.6 Å². The number of hydrogen-bond donors (Lipinski definition) is 1. The Morgan fingerprint density at radius 2 is 1.76 bits per heavy atom. The van der Waals surface area contributed by atoms with Gasteiger partial charge in [-0.3, -0.25) is 14.2 Å². The van der Waals surface area contributed by atoms with Crippen molar-refractivity contribution in [3.63, 3.8) is 0 Å². The lowest BCUT2D eigenvalue weighted by molar-refractivity contribution is -0.116. The lowest BCUT2D eigenvalue weighted by atomic mass is 10.2. The molecule has 174 valence electrons. The molecule has 4 rings (SSSR count). The van der Waals surface area contributed by atoms with Gasteiger partial charge in [-0.05, 0) is 43.7 Å². The lowest BCUT2D eigenvalue weighted by Gasteiger charge is -2.08. The summed E-state index contributed by atoms with van der Waals surface area (Å²) in [4.78, 5) is 43.0. The fraction of sp³-hybridized carbons (Fsp3) is 0.200. The van der Waals surface area contributed by atoms with Crippen molar-refractivity contribution < 1.29 is 19.1 Å². The number of hydrogen-bond acceptors (Lipinski definition) is 7. The first kappa shape index (κ1) is 23.2. The van der Waals surface area contributed by atoms with Gasteiger partial charge in [0.05, 0.1) is 11.7 Å². The van der Waals surface area contributed by atoms with Gasteiger partial charge in [0.15, 0.2) is 0 Å². The fourth-order valence-corrected chi connectivity index (χ4v) is 4.37. The van der Waals surface area contributed by atoms with E-state index in [-0.39, 0.29) is 31.2 Å². The molecule has 0 unspecified atom stereocenters.